The summed E-state index contributed by atoms with van der Waals surface area (Å²) in [5, 5.41) is 4.18. The molecule has 1 aromatic carbocycles. The third-order valence-electron chi connectivity index (χ3n) is 4.87. The molecule has 1 heterocycles. The summed E-state index contributed by atoms with van der Waals surface area (Å²) in [6.07, 6.45) is 3.70. The van der Waals surface area contributed by atoms with Crippen LogP contribution in [0.4, 0.5) is 0 Å². The molecule has 2 aromatic rings. The molecule has 0 saturated heterocycles. The van der Waals surface area contributed by atoms with Crippen molar-refractivity contribution in [2.45, 2.75) is 50.0 Å². The third-order valence-corrected chi connectivity index (χ3v) is 7.40. The molecule has 0 atom stereocenters. The smallest absolute Gasteiger partial charge is 0.258 e. The minimum absolute atomic E-state index is 0. The number of sulfonamides is 1. The second-order valence-electron chi connectivity index (χ2n) is 6.52. The molecule has 10 heteroatoms. The van der Waals surface area contributed by atoms with Crippen LogP contribution in [-0.2, 0) is 15.6 Å². The molecule has 3 rings (SSSR count). The fourth-order valence-electron chi connectivity index (χ4n) is 3.31. The molecule has 2 N–H and O–H groups in total. The van der Waals surface area contributed by atoms with Crippen molar-refractivity contribution >= 4 is 34.0 Å². The summed E-state index contributed by atoms with van der Waals surface area (Å²) >= 11 is 6.16. The van der Waals surface area contributed by atoms with Gasteiger partial charge in [-0.25, -0.2) is 8.42 Å². The van der Waals surface area contributed by atoms with Crippen LogP contribution in [0.15, 0.2) is 27.6 Å². The Labute approximate surface area is 170 Å². The second kappa shape index (κ2) is 8.45. The Morgan fingerprint density at radius 1 is 1.26 bits per heavy atom. The van der Waals surface area contributed by atoms with Gasteiger partial charge in [-0.1, -0.05) is 43.4 Å². The fourth-order valence-corrected chi connectivity index (χ4v) is 5.27. The van der Waals surface area contributed by atoms with Crippen molar-refractivity contribution in [2.24, 2.45) is 5.73 Å². The number of nitrogens with two attached hydrogens (primary N) is 1. The van der Waals surface area contributed by atoms with Crippen molar-refractivity contribution in [1.82, 2.24) is 14.4 Å². The van der Waals surface area contributed by atoms with Crippen LogP contribution >= 0.6 is 24.0 Å². The highest BCUT2D eigenvalue weighted by Gasteiger charge is 2.36. The maximum atomic E-state index is 12.8. The van der Waals surface area contributed by atoms with E-state index < -0.39 is 15.6 Å². The Kier molecular flexibility index (Phi) is 6.91. The topological polar surface area (TPSA) is 102 Å². The van der Waals surface area contributed by atoms with Crippen LogP contribution in [-0.4, -0.2) is 36.0 Å². The Balaban J connectivity index is 0.00000261. The number of hydrogen-bond donors (Lipinski definition) is 1. The van der Waals surface area contributed by atoms with Gasteiger partial charge in [-0.15, -0.1) is 12.4 Å². The van der Waals surface area contributed by atoms with Crippen molar-refractivity contribution in [3.05, 3.63) is 29.0 Å². The first kappa shape index (κ1) is 22.1. The normalized spacial score (nSPS) is 16.5. The monoisotopic (exact) mass is 434 g/mol. The van der Waals surface area contributed by atoms with Gasteiger partial charge >= 0.3 is 0 Å². The first-order valence-corrected chi connectivity index (χ1v) is 10.6. The first-order valence-electron chi connectivity index (χ1n) is 8.75. The highest BCUT2D eigenvalue weighted by Crippen LogP contribution is 2.36. The summed E-state index contributed by atoms with van der Waals surface area (Å²) in [5.74, 6) is 0.706. The molecular formula is C17H24Cl2N4O3S. The van der Waals surface area contributed by atoms with E-state index in [9.17, 15) is 8.42 Å². The quantitative estimate of drug-likeness (QED) is 0.744. The predicted molar refractivity (Wildman–Crippen MR) is 106 cm³/mol. The van der Waals surface area contributed by atoms with E-state index in [4.69, 9.17) is 21.9 Å². The largest absolute Gasteiger partial charge is 0.334 e. The lowest BCUT2D eigenvalue weighted by atomic mass is 9.99. The Morgan fingerprint density at radius 3 is 2.48 bits per heavy atom. The van der Waals surface area contributed by atoms with Crippen LogP contribution in [0, 0.1) is 0 Å². The van der Waals surface area contributed by atoms with Crippen molar-refractivity contribution in [2.75, 3.05) is 13.1 Å². The molecule has 0 radical (unpaired) electrons. The van der Waals surface area contributed by atoms with E-state index >= 15 is 0 Å². The molecule has 1 aromatic heterocycles. The maximum absolute atomic E-state index is 12.8. The number of rotatable bonds is 6. The molecule has 27 heavy (non-hydrogen) atoms. The van der Waals surface area contributed by atoms with Gasteiger partial charge in [0.25, 0.3) is 5.89 Å². The summed E-state index contributed by atoms with van der Waals surface area (Å²) < 4.78 is 32.3. The number of aromatic nitrogens is 2. The van der Waals surface area contributed by atoms with Crippen LogP contribution in [0.1, 0.15) is 45.4 Å². The Hall–Kier alpha value is -1.19. The lowest BCUT2D eigenvalue weighted by Gasteiger charge is -2.19. The van der Waals surface area contributed by atoms with Gasteiger partial charge in [-0.05, 0) is 31.0 Å². The number of halogens is 2. The summed E-state index contributed by atoms with van der Waals surface area (Å²) in [7, 11) is -3.70. The zero-order valence-corrected chi connectivity index (χ0v) is 17.7. The lowest BCUT2D eigenvalue weighted by Crippen LogP contribution is -2.34. The number of nitrogens with zero attached hydrogens (tertiary/aromatic N) is 3. The summed E-state index contributed by atoms with van der Waals surface area (Å²) in [6.45, 7) is 4.29. The average molecular weight is 435 g/mol. The van der Waals surface area contributed by atoms with Gasteiger partial charge in [0.15, 0.2) is 5.82 Å². The molecule has 0 aliphatic heterocycles. The van der Waals surface area contributed by atoms with E-state index in [0.29, 0.717) is 24.5 Å². The van der Waals surface area contributed by atoms with Crippen LogP contribution in [0.5, 0.6) is 0 Å². The van der Waals surface area contributed by atoms with Crippen LogP contribution < -0.4 is 5.73 Å². The van der Waals surface area contributed by atoms with E-state index in [0.717, 1.165) is 25.7 Å². The SMILES string of the molecule is CCN(CC)S(=O)(=O)c1cc(-c2nc(C3(N)CCCC3)no2)ccc1Cl.Cl. The summed E-state index contributed by atoms with van der Waals surface area (Å²) in [5.41, 5.74) is 6.30. The van der Waals surface area contributed by atoms with Gasteiger partial charge in [0.05, 0.1) is 10.6 Å². The van der Waals surface area contributed by atoms with E-state index in [1.807, 2.05) is 0 Å². The van der Waals surface area contributed by atoms with Gasteiger partial charge in [0, 0.05) is 18.7 Å². The van der Waals surface area contributed by atoms with Gasteiger partial charge in [-0.3, -0.25) is 0 Å². The van der Waals surface area contributed by atoms with Crippen molar-refractivity contribution in [3.8, 4) is 11.5 Å². The van der Waals surface area contributed by atoms with Crippen LogP contribution in [0.25, 0.3) is 11.5 Å². The molecule has 0 bridgehead atoms. The van der Waals surface area contributed by atoms with Gasteiger partial charge in [0.1, 0.15) is 4.90 Å². The molecule has 1 saturated carbocycles. The van der Waals surface area contributed by atoms with Crippen LogP contribution in [0.3, 0.4) is 0 Å². The zero-order chi connectivity index (χ0) is 18.9. The Bertz CT molecular complexity index is 891. The second-order valence-corrected chi connectivity index (χ2v) is 8.83. The molecule has 7 nitrogen and oxygen atoms in total. The van der Waals surface area contributed by atoms with Gasteiger partial charge in [-0.2, -0.15) is 9.29 Å². The van der Waals surface area contributed by atoms with Crippen molar-refractivity contribution in [3.63, 3.8) is 0 Å². The molecule has 150 valence electrons. The van der Waals surface area contributed by atoms with E-state index in [-0.39, 0.29) is 28.2 Å². The number of hydrogen-bond acceptors (Lipinski definition) is 6. The number of benzene rings is 1. The summed E-state index contributed by atoms with van der Waals surface area (Å²) in [4.78, 5) is 4.45. The Morgan fingerprint density at radius 2 is 1.89 bits per heavy atom. The first-order chi connectivity index (χ1) is 12.3. The van der Waals surface area contributed by atoms with Crippen molar-refractivity contribution < 1.29 is 12.9 Å². The fraction of sp³-hybridized carbons (Fsp3) is 0.529. The van der Waals surface area contributed by atoms with Gasteiger partial charge < -0.3 is 10.3 Å². The molecular weight excluding hydrogens is 411 g/mol. The van der Waals surface area contributed by atoms with E-state index in [1.54, 1.807) is 19.9 Å². The average Bonchev–Trinajstić information content (AvgIpc) is 3.26. The van der Waals surface area contributed by atoms with E-state index in [2.05, 4.69) is 10.1 Å². The highest BCUT2D eigenvalue weighted by atomic mass is 35.5. The predicted octanol–water partition coefficient (Wildman–Crippen LogP) is 3.57. The molecule has 0 spiro atoms. The van der Waals surface area contributed by atoms with Crippen LogP contribution in [0.2, 0.25) is 5.02 Å². The zero-order valence-electron chi connectivity index (χ0n) is 15.3. The minimum Gasteiger partial charge on any atom is -0.334 e. The lowest BCUT2D eigenvalue weighted by molar-refractivity contribution is 0.372. The third kappa shape index (κ3) is 4.14. The van der Waals surface area contributed by atoms with Gasteiger partial charge in [0.2, 0.25) is 10.0 Å². The molecule has 1 fully saturated rings. The molecule has 0 unspecified atom stereocenters. The highest BCUT2D eigenvalue weighted by molar-refractivity contribution is 7.89. The van der Waals surface area contributed by atoms with E-state index in [1.165, 1.54) is 16.4 Å². The molecule has 1 aliphatic carbocycles. The minimum atomic E-state index is -3.70. The molecule has 1 aliphatic rings. The maximum Gasteiger partial charge on any atom is 0.258 e. The van der Waals surface area contributed by atoms with Crippen molar-refractivity contribution in [1.29, 1.82) is 0 Å². The standard InChI is InChI=1S/C17H23ClN4O3S.ClH/c1-3-22(4-2)26(23,24)14-11-12(7-8-13(14)18)15-20-16(21-25-15)17(19)9-5-6-10-17;/h7-8,11H,3-6,9-10,19H2,1-2H3;1H. The summed E-state index contributed by atoms with van der Waals surface area (Å²) in [6, 6.07) is 4.68. The molecule has 0 amide bonds.